The molecule has 0 aromatic heterocycles. The van der Waals surface area contributed by atoms with Crippen molar-refractivity contribution in [1.29, 1.82) is 0 Å². The predicted molar refractivity (Wildman–Crippen MR) is 56.7 cm³/mol. The zero-order chi connectivity index (χ0) is 11.1. The molecule has 1 unspecified atom stereocenters. The van der Waals surface area contributed by atoms with E-state index in [0.29, 0.717) is 0 Å². The molecule has 0 aliphatic heterocycles. The zero-order valence-electron chi connectivity index (χ0n) is 9.38. The van der Waals surface area contributed by atoms with E-state index in [1.807, 2.05) is 0 Å². The quantitative estimate of drug-likeness (QED) is 0.636. The highest BCUT2D eigenvalue weighted by Crippen LogP contribution is 2.19. The average Bonchev–Trinajstić information content (AvgIpc) is 2.10. The van der Waals surface area contributed by atoms with Gasteiger partial charge in [-0.1, -0.05) is 33.1 Å². The number of ketones is 1. The van der Waals surface area contributed by atoms with Gasteiger partial charge in [0.1, 0.15) is 5.78 Å². The number of amides is 1. The van der Waals surface area contributed by atoms with E-state index in [4.69, 9.17) is 5.73 Å². The third-order valence-electron chi connectivity index (χ3n) is 2.69. The maximum Gasteiger partial charge on any atom is 0.220 e. The predicted octanol–water partition coefficient (Wildman–Crippen LogP) is 1.89. The molecule has 0 aromatic rings. The summed E-state index contributed by atoms with van der Waals surface area (Å²) in [5.41, 5.74) is 5.19. The first-order valence-electron chi connectivity index (χ1n) is 5.30. The Morgan fingerprint density at radius 3 is 2.21 bits per heavy atom. The lowest BCUT2D eigenvalue weighted by Gasteiger charge is -2.18. The number of primary amides is 1. The molecule has 0 fully saturated rings. The van der Waals surface area contributed by atoms with E-state index in [0.717, 1.165) is 25.7 Å². The minimum absolute atomic E-state index is 0.0763. The van der Waals surface area contributed by atoms with E-state index in [1.54, 1.807) is 6.92 Å². The Balaban J connectivity index is 4.15. The van der Waals surface area contributed by atoms with E-state index < -0.39 is 0 Å². The number of carbonyl (C=O) groups excluding carboxylic acids is 2. The van der Waals surface area contributed by atoms with Crippen LogP contribution in [0.4, 0.5) is 0 Å². The fourth-order valence-corrected chi connectivity index (χ4v) is 1.62. The molecule has 0 aliphatic carbocycles. The number of nitrogens with two attached hydrogens (primary N) is 1. The summed E-state index contributed by atoms with van der Waals surface area (Å²) in [6.07, 6.45) is 4.01. The van der Waals surface area contributed by atoms with Gasteiger partial charge in [-0.05, 0) is 13.3 Å². The number of hydrogen-bond acceptors (Lipinski definition) is 2. The van der Waals surface area contributed by atoms with Crippen LogP contribution in [-0.4, -0.2) is 11.7 Å². The van der Waals surface area contributed by atoms with Crippen LogP contribution in [-0.2, 0) is 9.59 Å². The molecule has 0 spiro atoms. The first-order valence-corrected chi connectivity index (χ1v) is 5.30. The average molecular weight is 199 g/mol. The largest absolute Gasteiger partial charge is 0.369 e. The van der Waals surface area contributed by atoms with E-state index in [1.165, 1.54) is 6.92 Å². The van der Waals surface area contributed by atoms with Crippen LogP contribution in [0, 0.1) is 11.8 Å². The molecule has 3 heteroatoms. The number of rotatable bonds is 7. The van der Waals surface area contributed by atoms with Gasteiger partial charge < -0.3 is 5.73 Å². The summed E-state index contributed by atoms with van der Waals surface area (Å²) in [7, 11) is 0. The molecule has 82 valence electrons. The van der Waals surface area contributed by atoms with Crippen molar-refractivity contribution < 1.29 is 9.59 Å². The molecule has 2 atom stereocenters. The van der Waals surface area contributed by atoms with Crippen LogP contribution in [0.5, 0.6) is 0 Å². The Morgan fingerprint density at radius 1 is 1.29 bits per heavy atom. The summed E-state index contributed by atoms with van der Waals surface area (Å²) in [5.74, 6) is -0.808. The van der Waals surface area contributed by atoms with Crippen molar-refractivity contribution >= 4 is 11.7 Å². The Hall–Kier alpha value is -0.860. The number of Topliss-reactive ketones (excluding diaryl/α,β-unsaturated/α-hetero) is 1. The topological polar surface area (TPSA) is 60.2 Å². The molecule has 1 amide bonds. The minimum atomic E-state index is -0.373. The van der Waals surface area contributed by atoms with Gasteiger partial charge in [-0.15, -0.1) is 0 Å². The van der Waals surface area contributed by atoms with E-state index in [2.05, 4.69) is 6.92 Å². The zero-order valence-corrected chi connectivity index (χ0v) is 9.38. The number of hydrogen-bond donors (Lipinski definition) is 1. The Kier molecular flexibility index (Phi) is 6.17. The Bertz CT molecular complexity index is 201. The summed E-state index contributed by atoms with van der Waals surface area (Å²) >= 11 is 0. The highest BCUT2D eigenvalue weighted by atomic mass is 16.1. The van der Waals surface area contributed by atoms with Crippen molar-refractivity contribution in [3.8, 4) is 0 Å². The lowest BCUT2D eigenvalue weighted by Crippen LogP contribution is -2.31. The molecule has 0 radical (unpaired) electrons. The van der Waals surface area contributed by atoms with Crippen LogP contribution >= 0.6 is 0 Å². The smallest absolute Gasteiger partial charge is 0.220 e. The summed E-state index contributed by atoms with van der Waals surface area (Å²) in [6.45, 7) is 5.39. The lowest BCUT2D eigenvalue weighted by atomic mass is 9.85. The second-order valence-electron chi connectivity index (χ2n) is 3.90. The van der Waals surface area contributed by atoms with Crippen LogP contribution in [0.3, 0.4) is 0 Å². The molecule has 2 N–H and O–H groups in total. The van der Waals surface area contributed by atoms with Crippen molar-refractivity contribution in [2.45, 2.75) is 46.5 Å². The van der Waals surface area contributed by atoms with Crippen LogP contribution < -0.4 is 5.73 Å². The molecule has 0 aliphatic rings. The minimum Gasteiger partial charge on any atom is -0.369 e. The Morgan fingerprint density at radius 2 is 1.86 bits per heavy atom. The summed E-state index contributed by atoms with van der Waals surface area (Å²) in [6, 6.07) is 0. The monoisotopic (exact) mass is 199 g/mol. The normalized spacial score (nSPS) is 14.8. The second kappa shape index (κ2) is 6.57. The summed E-state index contributed by atoms with van der Waals surface area (Å²) < 4.78 is 0. The first kappa shape index (κ1) is 13.1. The van der Waals surface area contributed by atoms with Crippen molar-refractivity contribution in [2.24, 2.45) is 17.6 Å². The molecule has 0 saturated carbocycles. The van der Waals surface area contributed by atoms with Gasteiger partial charge in [-0.3, -0.25) is 9.59 Å². The maximum absolute atomic E-state index is 11.3. The van der Waals surface area contributed by atoms with Gasteiger partial charge in [0.15, 0.2) is 0 Å². The molecule has 0 bridgehead atoms. The van der Waals surface area contributed by atoms with Crippen LogP contribution in [0.15, 0.2) is 0 Å². The standard InChI is InChI=1S/C11H21NO2/c1-4-5-6-7-10(9(3)13)8(2)11(12)14/h8,10H,4-7H2,1-3H3,(H2,12,14)/t8?,10-/m1/s1. The lowest BCUT2D eigenvalue weighted by molar-refractivity contribution is -0.130. The van der Waals surface area contributed by atoms with Gasteiger partial charge in [0.05, 0.1) is 0 Å². The number of carbonyl (C=O) groups is 2. The summed E-state index contributed by atoms with van der Waals surface area (Å²) in [5, 5.41) is 0. The number of unbranched alkanes of at least 4 members (excludes halogenated alkanes) is 2. The molecule has 3 nitrogen and oxygen atoms in total. The molecule has 0 rings (SSSR count). The van der Waals surface area contributed by atoms with E-state index in [9.17, 15) is 9.59 Å². The maximum atomic E-state index is 11.3. The molecule has 0 heterocycles. The van der Waals surface area contributed by atoms with Crippen molar-refractivity contribution in [2.75, 3.05) is 0 Å². The van der Waals surface area contributed by atoms with Gasteiger partial charge >= 0.3 is 0 Å². The van der Waals surface area contributed by atoms with Crippen LogP contribution in [0.2, 0.25) is 0 Å². The third-order valence-corrected chi connectivity index (χ3v) is 2.69. The van der Waals surface area contributed by atoms with Gasteiger partial charge in [-0.2, -0.15) is 0 Å². The van der Waals surface area contributed by atoms with E-state index >= 15 is 0 Å². The van der Waals surface area contributed by atoms with Crippen LogP contribution in [0.1, 0.15) is 46.5 Å². The third kappa shape index (κ3) is 4.40. The first-order chi connectivity index (χ1) is 6.50. The fraction of sp³-hybridized carbons (Fsp3) is 0.818. The second-order valence-corrected chi connectivity index (χ2v) is 3.90. The van der Waals surface area contributed by atoms with E-state index in [-0.39, 0.29) is 23.5 Å². The van der Waals surface area contributed by atoms with Crippen molar-refractivity contribution in [3.05, 3.63) is 0 Å². The van der Waals surface area contributed by atoms with Gasteiger partial charge in [0, 0.05) is 11.8 Å². The Labute approximate surface area is 86.1 Å². The van der Waals surface area contributed by atoms with Crippen molar-refractivity contribution in [1.82, 2.24) is 0 Å². The molecule has 14 heavy (non-hydrogen) atoms. The van der Waals surface area contributed by atoms with Gasteiger partial charge in [0.25, 0.3) is 0 Å². The SMILES string of the molecule is CCCCC[C@@H](C(C)=O)C(C)C(N)=O. The summed E-state index contributed by atoms with van der Waals surface area (Å²) in [4.78, 5) is 22.2. The van der Waals surface area contributed by atoms with Gasteiger partial charge in [-0.25, -0.2) is 0 Å². The van der Waals surface area contributed by atoms with Gasteiger partial charge in [0.2, 0.25) is 5.91 Å². The molecular weight excluding hydrogens is 178 g/mol. The molecular formula is C11H21NO2. The van der Waals surface area contributed by atoms with Crippen molar-refractivity contribution in [3.63, 3.8) is 0 Å². The fourth-order valence-electron chi connectivity index (χ4n) is 1.62. The highest BCUT2D eigenvalue weighted by Gasteiger charge is 2.25. The molecule has 0 aromatic carbocycles. The molecule has 0 saturated heterocycles. The van der Waals surface area contributed by atoms with Crippen LogP contribution in [0.25, 0.3) is 0 Å². The highest BCUT2D eigenvalue weighted by molar-refractivity contribution is 5.86.